The van der Waals surface area contributed by atoms with Crippen LogP contribution < -0.4 is 5.32 Å². The first-order valence-electron chi connectivity index (χ1n) is 7.82. The lowest BCUT2D eigenvalue weighted by atomic mass is 10.1. The fourth-order valence-electron chi connectivity index (χ4n) is 2.50. The van der Waals surface area contributed by atoms with Crippen LogP contribution in [0.2, 0.25) is 0 Å². The van der Waals surface area contributed by atoms with Crippen LogP contribution in [0.5, 0.6) is 0 Å². The second kappa shape index (κ2) is 7.36. The van der Waals surface area contributed by atoms with Gasteiger partial charge in [0.05, 0.1) is 17.9 Å². The molecule has 4 nitrogen and oxygen atoms in total. The molecule has 3 rings (SSSR count). The van der Waals surface area contributed by atoms with Crippen LogP contribution in [0, 0.1) is 0 Å². The first-order valence-corrected chi connectivity index (χ1v) is 8.70. The largest absolute Gasteiger partial charge is 0.467 e. The van der Waals surface area contributed by atoms with Gasteiger partial charge in [0, 0.05) is 24.2 Å². The number of rotatable bonds is 6. The number of hydrogen-bond donors (Lipinski definition) is 1. The molecule has 0 saturated heterocycles. The zero-order valence-electron chi connectivity index (χ0n) is 13.7. The summed E-state index contributed by atoms with van der Waals surface area (Å²) in [7, 11) is 1.80. The second-order valence-electron chi connectivity index (χ2n) is 5.59. The number of benzene rings is 1. The van der Waals surface area contributed by atoms with Crippen molar-refractivity contribution < 1.29 is 9.21 Å². The Bertz CT molecular complexity index is 782. The molecule has 0 aliphatic heterocycles. The quantitative estimate of drug-likeness (QED) is 0.702. The highest BCUT2D eigenvalue weighted by Gasteiger charge is 2.22. The highest BCUT2D eigenvalue weighted by molar-refractivity contribution is 7.09. The predicted octanol–water partition coefficient (Wildman–Crippen LogP) is 4.79. The van der Waals surface area contributed by atoms with Gasteiger partial charge in [-0.3, -0.25) is 4.79 Å². The van der Waals surface area contributed by atoms with Crippen molar-refractivity contribution in [3.63, 3.8) is 0 Å². The van der Waals surface area contributed by atoms with Gasteiger partial charge in [0.1, 0.15) is 5.76 Å². The van der Waals surface area contributed by atoms with Gasteiger partial charge in [0.15, 0.2) is 0 Å². The van der Waals surface area contributed by atoms with E-state index >= 15 is 0 Å². The average Bonchev–Trinajstić information content (AvgIpc) is 3.31. The molecular formula is C19H20N2O2S. The SMILES string of the molecule is CC(c1ccco1)N(C)C(=O)c1ccccc1NCc1cccs1. The second-order valence-corrected chi connectivity index (χ2v) is 6.62. The van der Waals surface area contributed by atoms with Gasteiger partial charge in [-0.2, -0.15) is 0 Å². The molecule has 1 aromatic carbocycles. The average molecular weight is 340 g/mol. The normalized spacial score (nSPS) is 11.9. The van der Waals surface area contributed by atoms with E-state index in [1.54, 1.807) is 29.5 Å². The highest BCUT2D eigenvalue weighted by atomic mass is 32.1. The zero-order valence-corrected chi connectivity index (χ0v) is 14.5. The summed E-state index contributed by atoms with van der Waals surface area (Å²) in [6.07, 6.45) is 1.63. The molecule has 1 N–H and O–H groups in total. The van der Waals surface area contributed by atoms with Crippen LogP contribution >= 0.6 is 11.3 Å². The van der Waals surface area contributed by atoms with Crippen LogP contribution in [0.1, 0.15) is 34.0 Å². The number of thiophene rings is 1. The number of nitrogens with zero attached hydrogens (tertiary/aromatic N) is 1. The van der Waals surface area contributed by atoms with E-state index in [1.807, 2.05) is 54.8 Å². The summed E-state index contributed by atoms with van der Waals surface area (Å²) in [4.78, 5) is 15.8. The molecule has 0 saturated carbocycles. The van der Waals surface area contributed by atoms with Crippen molar-refractivity contribution in [2.75, 3.05) is 12.4 Å². The number of amides is 1. The molecule has 2 aromatic heterocycles. The van der Waals surface area contributed by atoms with Gasteiger partial charge < -0.3 is 14.6 Å². The summed E-state index contributed by atoms with van der Waals surface area (Å²) < 4.78 is 5.42. The Morgan fingerprint density at radius 2 is 2.04 bits per heavy atom. The van der Waals surface area contributed by atoms with Crippen molar-refractivity contribution in [3.8, 4) is 0 Å². The maximum absolute atomic E-state index is 12.9. The third kappa shape index (κ3) is 3.51. The molecule has 5 heteroatoms. The van der Waals surface area contributed by atoms with Crippen molar-refractivity contribution >= 4 is 22.9 Å². The Kier molecular flexibility index (Phi) is 5.01. The summed E-state index contributed by atoms with van der Waals surface area (Å²) in [6.45, 7) is 2.66. The Morgan fingerprint density at radius 1 is 1.21 bits per heavy atom. The van der Waals surface area contributed by atoms with Gasteiger partial charge in [0.25, 0.3) is 5.91 Å². The van der Waals surface area contributed by atoms with E-state index in [9.17, 15) is 4.79 Å². The fourth-order valence-corrected chi connectivity index (χ4v) is 3.15. The molecule has 1 amide bonds. The molecule has 0 radical (unpaired) electrons. The van der Waals surface area contributed by atoms with Crippen molar-refractivity contribution in [3.05, 3.63) is 76.4 Å². The summed E-state index contributed by atoms with van der Waals surface area (Å²) in [5, 5.41) is 5.41. The number of hydrogen-bond acceptors (Lipinski definition) is 4. The number of nitrogens with one attached hydrogen (secondary N) is 1. The Balaban J connectivity index is 1.76. The summed E-state index contributed by atoms with van der Waals surface area (Å²) in [5.74, 6) is 0.739. The molecule has 0 aliphatic carbocycles. The molecule has 0 bridgehead atoms. The molecular weight excluding hydrogens is 320 g/mol. The molecule has 0 fully saturated rings. The number of anilines is 1. The predicted molar refractivity (Wildman–Crippen MR) is 97.3 cm³/mol. The van der Waals surface area contributed by atoms with Crippen LogP contribution in [0.4, 0.5) is 5.69 Å². The van der Waals surface area contributed by atoms with Crippen molar-refractivity contribution in [2.24, 2.45) is 0 Å². The van der Waals surface area contributed by atoms with Crippen LogP contribution in [0.15, 0.2) is 64.6 Å². The van der Waals surface area contributed by atoms with Crippen molar-refractivity contribution in [1.29, 1.82) is 0 Å². The minimum absolute atomic E-state index is 0.0341. The molecule has 0 spiro atoms. The smallest absolute Gasteiger partial charge is 0.256 e. The minimum atomic E-state index is -0.127. The van der Waals surface area contributed by atoms with E-state index < -0.39 is 0 Å². The third-order valence-corrected chi connectivity index (χ3v) is 4.92. The summed E-state index contributed by atoms with van der Waals surface area (Å²) >= 11 is 1.70. The van der Waals surface area contributed by atoms with Crippen molar-refractivity contribution in [1.82, 2.24) is 4.90 Å². The third-order valence-electron chi connectivity index (χ3n) is 4.05. The fraction of sp³-hybridized carbons (Fsp3) is 0.211. The van der Waals surface area contributed by atoms with Crippen molar-refractivity contribution in [2.45, 2.75) is 19.5 Å². The van der Waals surface area contributed by atoms with Gasteiger partial charge >= 0.3 is 0 Å². The van der Waals surface area contributed by atoms with E-state index in [4.69, 9.17) is 4.42 Å². The molecule has 24 heavy (non-hydrogen) atoms. The highest BCUT2D eigenvalue weighted by Crippen LogP contribution is 2.24. The number of furan rings is 1. The van der Waals surface area contributed by atoms with E-state index in [1.165, 1.54) is 4.88 Å². The lowest BCUT2D eigenvalue weighted by molar-refractivity contribution is 0.0727. The van der Waals surface area contributed by atoms with Crippen LogP contribution in [0.25, 0.3) is 0 Å². The topological polar surface area (TPSA) is 45.5 Å². The maximum Gasteiger partial charge on any atom is 0.256 e. The standard InChI is InChI=1S/C19H20N2O2S/c1-14(18-10-5-11-23-18)21(2)19(22)16-8-3-4-9-17(16)20-13-15-7-6-12-24-15/h3-12,14,20H,13H2,1-2H3. The molecule has 1 atom stereocenters. The zero-order chi connectivity index (χ0) is 16.9. The first kappa shape index (κ1) is 16.3. The van der Waals surface area contributed by atoms with Gasteiger partial charge in [-0.05, 0) is 42.6 Å². The minimum Gasteiger partial charge on any atom is -0.467 e. The Hall–Kier alpha value is -2.53. The number of carbonyl (C=O) groups excluding carboxylic acids is 1. The molecule has 124 valence electrons. The van der Waals surface area contributed by atoms with Crippen LogP contribution in [0.3, 0.4) is 0 Å². The molecule has 3 aromatic rings. The van der Waals surface area contributed by atoms with Crippen LogP contribution in [-0.2, 0) is 6.54 Å². The number of carbonyl (C=O) groups is 1. The van der Waals surface area contributed by atoms with Gasteiger partial charge in [-0.15, -0.1) is 11.3 Å². The Labute approximate surface area is 145 Å². The van der Waals surface area contributed by atoms with E-state index in [-0.39, 0.29) is 11.9 Å². The van der Waals surface area contributed by atoms with Gasteiger partial charge in [-0.25, -0.2) is 0 Å². The van der Waals surface area contributed by atoms with Gasteiger partial charge in [-0.1, -0.05) is 18.2 Å². The number of para-hydroxylation sites is 1. The molecule has 2 heterocycles. The molecule has 1 unspecified atom stereocenters. The summed E-state index contributed by atoms with van der Waals surface area (Å²) in [5.41, 5.74) is 1.50. The lowest BCUT2D eigenvalue weighted by Gasteiger charge is -2.24. The van der Waals surface area contributed by atoms with E-state index in [0.717, 1.165) is 11.4 Å². The van der Waals surface area contributed by atoms with Crippen LogP contribution in [-0.4, -0.2) is 17.9 Å². The van der Waals surface area contributed by atoms with E-state index in [0.29, 0.717) is 12.1 Å². The monoisotopic (exact) mass is 340 g/mol. The van der Waals surface area contributed by atoms with Gasteiger partial charge in [0.2, 0.25) is 0 Å². The maximum atomic E-state index is 12.9. The summed E-state index contributed by atoms with van der Waals surface area (Å²) in [6, 6.07) is 15.3. The lowest BCUT2D eigenvalue weighted by Crippen LogP contribution is -2.30. The Morgan fingerprint density at radius 3 is 2.75 bits per heavy atom. The first-order chi connectivity index (χ1) is 11.7. The molecule has 0 aliphatic rings. The van der Waals surface area contributed by atoms with E-state index in [2.05, 4.69) is 11.4 Å².